The molecule has 0 bridgehead atoms. The number of hydrogen-bond donors (Lipinski definition) is 0. The Morgan fingerprint density at radius 3 is 2.60 bits per heavy atom. The molecule has 0 aliphatic carbocycles. The number of aromatic nitrogens is 5. The standard InChI is InChI=1S/C17H18N6OS/c1-9-14(10(2)22(5)20-9)23-8-19-13-12-11(21(3)4)6-7-18-16(12)25-15(13)17(23)24/h6-8H,1-5H3. The van der Waals surface area contributed by atoms with Crippen molar-refractivity contribution in [2.24, 2.45) is 7.05 Å². The van der Waals surface area contributed by atoms with Crippen LogP contribution in [0.3, 0.4) is 0 Å². The summed E-state index contributed by atoms with van der Waals surface area (Å²) in [4.78, 5) is 25.0. The van der Waals surface area contributed by atoms with Gasteiger partial charge in [-0.25, -0.2) is 9.97 Å². The molecule has 0 saturated heterocycles. The summed E-state index contributed by atoms with van der Waals surface area (Å²) >= 11 is 1.39. The van der Waals surface area contributed by atoms with Crippen molar-refractivity contribution in [1.82, 2.24) is 24.3 Å². The number of anilines is 1. The van der Waals surface area contributed by atoms with Gasteiger partial charge in [-0.05, 0) is 19.9 Å². The number of fused-ring (bicyclic) bond motifs is 3. The van der Waals surface area contributed by atoms with E-state index in [2.05, 4.69) is 15.1 Å². The Morgan fingerprint density at radius 1 is 1.20 bits per heavy atom. The molecule has 0 aromatic carbocycles. The van der Waals surface area contributed by atoms with Gasteiger partial charge in [0, 0.05) is 27.3 Å². The van der Waals surface area contributed by atoms with E-state index in [1.165, 1.54) is 11.3 Å². The van der Waals surface area contributed by atoms with Gasteiger partial charge in [0.15, 0.2) is 0 Å². The predicted octanol–water partition coefficient (Wildman–Crippen LogP) is 2.41. The molecule has 0 spiro atoms. The Balaban J connectivity index is 2.09. The summed E-state index contributed by atoms with van der Waals surface area (Å²) in [7, 11) is 5.82. The minimum atomic E-state index is -0.0862. The van der Waals surface area contributed by atoms with Crippen LogP contribution in [0.5, 0.6) is 0 Å². The molecule has 0 fully saturated rings. The molecule has 0 saturated carbocycles. The summed E-state index contributed by atoms with van der Waals surface area (Å²) < 4.78 is 3.98. The molecule has 4 rings (SSSR count). The Kier molecular flexibility index (Phi) is 3.40. The van der Waals surface area contributed by atoms with Gasteiger partial charge in [-0.2, -0.15) is 5.10 Å². The van der Waals surface area contributed by atoms with Gasteiger partial charge in [-0.15, -0.1) is 11.3 Å². The Hall–Kier alpha value is -2.74. The molecule has 0 aliphatic rings. The second kappa shape index (κ2) is 5.38. The Bertz CT molecular complexity index is 1180. The fourth-order valence-electron chi connectivity index (χ4n) is 3.18. The van der Waals surface area contributed by atoms with E-state index in [0.29, 0.717) is 10.2 Å². The third-order valence-corrected chi connectivity index (χ3v) is 5.53. The monoisotopic (exact) mass is 354 g/mol. The highest BCUT2D eigenvalue weighted by Crippen LogP contribution is 2.35. The van der Waals surface area contributed by atoms with Gasteiger partial charge in [0.1, 0.15) is 15.9 Å². The van der Waals surface area contributed by atoms with E-state index in [1.54, 1.807) is 21.8 Å². The highest BCUT2D eigenvalue weighted by molar-refractivity contribution is 7.25. The zero-order chi connectivity index (χ0) is 17.9. The number of hydrogen-bond acceptors (Lipinski definition) is 6. The Labute approximate surface area is 148 Å². The van der Waals surface area contributed by atoms with Gasteiger partial charge in [0.2, 0.25) is 0 Å². The van der Waals surface area contributed by atoms with Crippen LogP contribution in [-0.2, 0) is 7.05 Å². The average Bonchev–Trinajstić information content (AvgIpc) is 3.07. The van der Waals surface area contributed by atoms with Crippen LogP contribution in [0.4, 0.5) is 5.69 Å². The number of aryl methyl sites for hydroxylation is 2. The van der Waals surface area contributed by atoms with Crippen molar-refractivity contribution in [2.45, 2.75) is 13.8 Å². The van der Waals surface area contributed by atoms with Gasteiger partial charge in [-0.3, -0.25) is 14.0 Å². The third-order valence-electron chi connectivity index (χ3n) is 4.45. The van der Waals surface area contributed by atoms with Crippen LogP contribution in [0.1, 0.15) is 11.4 Å². The first-order chi connectivity index (χ1) is 11.9. The number of rotatable bonds is 2. The molecular weight excluding hydrogens is 336 g/mol. The highest BCUT2D eigenvalue weighted by atomic mass is 32.1. The maximum atomic E-state index is 13.1. The van der Waals surface area contributed by atoms with Crippen molar-refractivity contribution in [3.8, 4) is 5.69 Å². The van der Waals surface area contributed by atoms with E-state index in [-0.39, 0.29) is 5.56 Å². The van der Waals surface area contributed by atoms with E-state index in [0.717, 1.165) is 33.0 Å². The lowest BCUT2D eigenvalue weighted by molar-refractivity contribution is 0.730. The van der Waals surface area contributed by atoms with Crippen LogP contribution < -0.4 is 10.5 Å². The molecule has 8 heteroatoms. The summed E-state index contributed by atoms with van der Waals surface area (Å²) in [5.74, 6) is 0. The van der Waals surface area contributed by atoms with Crippen LogP contribution in [0.25, 0.3) is 26.1 Å². The molecule has 0 N–H and O–H groups in total. The first-order valence-corrected chi connectivity index (χ1v) is 8.68. The molecule has 0 aliphatic heterocycles. The van der Waals surface area contributed by atoms with Gasteiger partial charge >= 0.3 is 0 Å². The summed E-state index contributed by atoms with van der Waals surface area (Å²) in [6, 6.07) is 1.94. The molecule has 25 heavy (non-hydrogen) atoms. The SMILES string of the molecule is Cc1nn(C)c(C)c1-n1cnc2c(sc3nccc(N(C)C)c32)c1=O. The van der Waals surface area contributed by atoms with Gasteiger partial charge in [0.05, 0.1) is 33.7 Å². The minimum absolute atomic E-state index is 0.0862. The molecular formula is C17H18N6OS. The lowest BCUT2D eigenvalue weighted by Crippen LogP contribution is -2.19. The fraction of sp³-hybridized carbons (Fsp3) is 0.294. The first-order valence-electron chi connectivity index (χ1n) is 7.87. The number of nitrogens with zero attached hydrogens (tertiary/aromatic N) is 6. The van der Waals surface area contributed by atoms with Crippen LogP contribution in [0.2, 0.25) is 0 Å². The average molecular weight is 354 g/mol. The van der Waals surface area contributed by atoms with Crippen LogP contribution in [0, 0.1) is 13.8 Å². The molecule has 0 amide bonds. The van der Waals surface area contributed by atoms with E-state index in [1.807, 2.05) is 46.0 Å². The molecule has 0 unspecified atom stereocenters. The zero-order valence-corrected chi connectivity index (χ0v) is 15.5. The van der Waals surface area contributed by atoms with Crippen LogP contribution >= 0.6 is 11.3 Å². The van der Waals surface area contributed by atoms with Crippen molar-refractivity contribution in [2.75, 3.05) is 19.0 Å². The smallest absolute Gasteiger partial charge is 0.276 e. The van der Waals surface area contributed by atoms with Crippen molar-refractivity contribution in [3.05, 3.63) is 40.3 Å². The van der Waals surface area contributed by atoms with Gasteiger partial charge in [0.25, 0.3) is 5.56 Å². The maximum absolute atomic E-state index is 13.1. The normalized spacial score (nSPS) is 11.6. The second-order valence-corrected chi connectivity index (χ2v) is 7.25. The van der Waals surface area contributed by atoms with E-state index < -0.39 is 0 Å². The number of thiophene rings is 1. The summed E-state index contributed by atoms with van der Waals surface area (Å²) in [6.45, 7) is 3.85. The van der Waals surface area contributed by atoms with E-state index in [4.69, 9.17) is 0 Å². The van der Waals surface area contributed by atoms with E-state index in [9.17, 15) is 4.79 Å². The number of pyridine rings is 1. The quantitative estimate of drug-likeness (QED) is 0.553. The third kappa shape index (κ3) is 2.17. The predicted molar refractivity (Wildman–Crippen MR) is 101 cm³/mol. The van der Waals surface area contributed by atoms with Crippen molar-refractivity contribution in [3.63, 3.8) is 0 Å². The summed E-state index contributed by atoms with van der Waals surface area (Å²) in [5.41, 5.74) is 4.15. The van der Waals surface area contributed by atoms with Crippen molar-refractivity contribution < 1.29 is 0 Å². The van der Waals surface area contributed by atoms with Crippen LogP contribution in [-0.4, -0.2) is 38.4 Å². The molecule has 0 atom stereocenters. The molecule has 4 aromatic rings. The molecule has 7 nitrogen and oxygen atoms in total. The summed E-state index contributed by atoms with van der Waals surface area (Å²) in [6.07, 6.45) is 3.36. The molecule has 4 aromatic heterocycles. The summed E-state index contributed by atoms with van der Waals surface area (Å²) in [5, 5.41) is 5.33. The van der Waals surface area contributed by atoms with Gasteiger partial charge in [-0.1, -0.05) is 0 Å². The molecule has 4 heterocycles. The largest absolute Gasteiger partial charge is 0.377 e. The molecule has 128 valence electrons. The Morgan fingerprint density at radius 2 is 1.96 bits per heavy atom. The van der Waals surface area contributed by atoms with Crippen molar-refractivity contribution >= 4 is 37.5 Å². The second-order valence-electron chi connectivity index (χ2n) is 6.25. The maximum Gasteiger partial charge on any atom is 0.276 e. The van der Waals surface area contributed by atoms with Crippen molar-refractivity contribution in [1.29, 1.82) is 0 Å². The topological polar surface area (TPSA) is 68.8 Å². The van der Waals surface area contributed by atoms with Crippen LogP contribution in [0.15, 0.2) is 23.4 Å². The fourth-order valence-corrected chi connectivity index (χ4v) is 4.23. The lowest BCUT2D eigenvalue weighted by Gasteiger charge is -2.13. The molecule has 0 radical (unpaired) electrons. The van der Waals surface area contributed by atoms with Gasteiger partial charge < -0.3 is 4.90 Å². The first kappa shape index (κ1) is 15.8. The highest BCUT2D eigenvalue weighted by Gasteiger charge is 2.19. The minimum Gasteiger partial charge on any atom is -0.377 e. The van der Waals surface area contributed by atoms with E-state index >= 15 is 0 Å². The zero-order valence-electron chi connectivity index (χ0n) is 14.7. The lowest BCUT2D eigenvalue weighted by atomic mass is 10.2.